The van der Waals surface area contributed by atoms with Gasteiger partial charge in [0.15, 0.2) is 0 Å². The Morgan fingerprint density at radius 3 is 2.17 bits per heavy atom. The van der Waals surface area contributed by atoms with Gasteiger partial charge < -0.3 is 4.74 Å². The third-order valence-corrected chi connectivity index (χ3v) is 3.33. The zero-order valence-corrected chi connectivity index (χ0v) is 11.9. The van der Waals surface area contributed by atoms with E-state index in [1.54, 1.807) is 0 Å². The van der Waals surface area contributed by atoms with Gasteiger partial charge in [0, 0.05) is 0 Å². The first kappa shape index (κ1) is 14.7. The Balaban J connectivity index is 2.72. The molecule has 0 amide bonds. The van der Waals surface area contributed by atoms with Crippen molar-refractivity contribution in [1.29, 1.82) is 0 Å². The van der Waals surface area contributed by atoms with Crippen LogP contribution in [0.3, 0.4) is 0 Å². The van der Waals surface area contributed by atoms with Crippen molar-refractivity contribution in [2.45, 2.75) is 40.0 Å². The SMILES string of the molecule is CCCc1ccc(CC(C(=O)OC)C(C)C)cc1. The molecular formula is C16H24O2. The third kappa shape index (κ3) is 4.17. The molecule has 0 bridgehead atoms. The number of esters is 1. The quantitative estimate of drug-likeness (QED) is 0.719. The van der Waals surface area contributed by atoms with Crippen molar-refractivity contribution in [3.05, 3.63) is 35.4 Å². The van der Waals surface area contributed by atoms with Crippen LogP contribution in [0.4, 0.5) is 0 Å². The summed E-state index contributed by atoms with van der Waals surface area (Å²) in [6, 6.07) is 8.58. The van der Waals surface area contributed by atoms with E-state index in [2.05, 4.69) is 45.0 Å². The van der Waals surface area contributed by atoms with Crippen molar-refractivity contribution in [2.24, 2.45) is 11.8 Å². The average Bonchev–Trinajstić information content (AvgIpc) is 2.37. The van der Waals surface area contributed by atoms with Gasteiger partial charge in [-0.15, -0.1) is 0 Å². The number of ether oxygens (including phenoxy) is 1. The highest BCUT2D eigenvalue weighted by Gasteiger charge is 2.23. The minimum absolute atomic E-state index is 0.0491. The molecule has 100 valence electrons. The van der Waals surface area contributed by atoms with Gasteiger partial charge in [0.1, 0.15) is 0 Å². The molecule has 1 rings (SSSR count). The monoisotopic (exact) mass is 248 g/mol. The second-order valence-electron chi connectivity index (χ2n) is 5.14. The molecule has 18 heavy (non-hydrogen) atoms. The number of benzene rings is 1. The molecule has 1 atom stereocenters. The van der Waals surface area contributed by atoms with Gasteiger partial charge in [0.05, 0.1) is 13.0 Å². The number of hydrogen-bond donors (Lipinski definition) is 0. The van der Waals surface area contributed by atoms with Crippen molar-refractivity contribution >= 4 is 5.97 Å². The summed E-state index contributed by atoms with van der Waals surface area (Å²) in [6.07, 6.45) is 3.04. The van der Waals surface area contributed by atoms with Crippen LogP contribution in [0.5, 0.6) is 0 Å². The highest BCUT2D eigenvalue weighted by molar-refractivity contribution is 5.72. The van der Waals surface area contributed by atoms with Crippen LogP contribution in [-0.4, -0.2) is 13.1 Å². The number of rotatable bonds is 6. The smallest absolute Gasteiger partial charge is 0.309 e. The molecule has 0 spiro atoms. The number of methoxy groups -OCH3 is 1. The van der Waals surface area contributed by atoms with E-state index in [0.29, 0.717) is 5.92 Å². The molecule has 1 aromatic carbocycles. The Kier molecular flexibility index (Phi) is 5.90. The van der Waals surface area contributed by atoms with Crippen molar-refractivity contribution in [1.82, 2.24) is 0 Å². The van der Waals surface area contributed by atoms with Gasteiger partial charge in [0.2, 0.25) is 0 Å². The summed E-state index contributed by atoms with van der Waals surface area (Å²) in [6.45, 7) is 6.31. The van der Waals surface area contributed by atoms with Crippen LogP contribution in [0.15, 0.2) is 24.3 Å². The topological polar surface area (TPSA) is 26.3 Å². The maximum absolute atomic E-state index is 11.7. The minimum atomic E-state index is -0.109. The summed E-state index contributed by atoms with van der Waals surface area (Å²) in [5, 5.41) is 0. The summed E-state index contributed by atoms with van der Waals surface area (Å²) in [5.41, 5.74) is 2.57. The van der Waals surface area contributed by atoms with Crippen LogP contribution in [0.2, 0.25) is 0 Å². The predicted octanol–water partition coefficient (Wildman–Crippen LogP) is 3.63. The lowest BCUT2D eigenvalue weighted by atomic mass is 9.89. The van der Waals surface area contributed by atoms with Gasteiger partial charge in [-0.3, -0.25) is 4.79 Å². The second kappa shape index (κ2) is 7.20. The Bertz CT molecular complexity index is 365. The van der Waals surface area contributed by atoms with Crippen molar-refractivity contribution < 1.29 is 9.53 Å². The summed E-state index contributed by atoms with van der Waals surface area (Å²) in [7, 11) is 1.46. The maximum Gasteiger partial charge on any atom is 0.309 e. The lowest BCUT2D eigenvalue weighted by molar-refractivity contribution is -0.146. The second-order valence-corrected chi connectivity index (χ2v) is 5.14. The molecule has 0 saturated carbocycles. The van der Waals surface area contributed by atoms with Crippen molar-refractivity contribution in [3.63, 3.8) is 0 Å². The average molecular weight is 248 g/mol. The first-order chi connectivity index (χ1) is 8.58. The van der Waals surface area contributed by atoms with E-state index in [1.165, 1.54) is 18.2 Å². The standard InChI is InChI=1S/C16H24O2/c1-5-6-13-7-9-14(10-8-13)11-15(12(2)3)16(17)18-4/h7-10,12,15H,5-6,11H2,1-4H3. The van der Waals surface area contributed by atoms with E-state index < -0.39 is 0 Å². The van der Waals surface area contributed by atoms with E-state index >= 15 is 0 Å². The highest BCUT2D eigenvalue weighted by atomic mass is 16.5. The van der Waals surface area contributed by atoms with E-state index in [-0.39, 0.29) is 11.9 Å². The van der Waals surface area contributed by atoms with E-state index in [0.717, 1.165) is 19.3 Å². The van der Waals surface area contributed by atoms with Crippen LogP contribution < -0.4 is 0 Å². The predicted molar refractivity (Wildman–Crippen MR) is 74.5 cm³/mol. The summed E-state index contributed by atoms with van der Waals surface area (Å²) >= 11 is 0. The molecule has 2 heteroatoms. The van der Waals surface area contributed by atoms with Crippen LogP contribution >= 0.6 is 0 Å². The largest absolute Gasteiger partial charge is 0.469 e. The van der Waals surface area contributed by atoms with Gasteiger partial charge >= 0.3 is 5.97 Å². The molecule has 0 aliphatic rings. The number of carbonyl (C=O) groups excluding carboxylic acids is 1. The zero-order chi connectivity index (χ0) is 13.5. The number of hydrogen-bond acceptors (Lipinski definition) is 2. The summed E-state index contributed by atoms with van der Waals surface area (Å²) < 4.78 is 4.87. The van der Waals surface area contributed by atoms with E-state index in [9.17, 15) is 4.79 Å². The molecule has 0 aromatic heterocycles. The molecule has 0 saturated heterocycles. The van der Waals surface area contributed by atoms with Gasteiger partial charge in [-0.2, -0.15) is 0 Å². The van der Waals surface area contributed by atoms with Crippen molar-refractivity contribution in [2.75, 3.05) is 7.11 Å². The lowest BCUT2D eigenvalue weighted by Gasteiger charge is -2.18. The summed E-state index contributed by atoms with van der Waals surface area (Å²) in [4.78, 5) is 11.7. The van der Waals surface area contributed by atoms with Crippen LogP contribution in [0.1, 0.15) is 38.3 Å². The molecular weight excluding hydrogens is 224 g/mol. The fourth-order valence-corrected chi connectivity index (χ4v) is 2.13. The molecule has 0 fully saturated rings. The van der Waals surface area contributed by atoms with Gasteiger partial charge in [-0.1, -0.05) is 51.5 Å². The first-order valence-electron chi connectivity index (χ1n) is 6.74. The molecule has 2 nitrogen and oxygen atoms in total. The van der Waals surface area contributed by atoms with Crippen LogP contribution in [0.25, 0.3) is 0 Å². The Hall–Kier alpha value is -1.31. The molecule has 0 heterocycles. The van der Waals surface area contributed by atoms with Gasteiger partial charge in [-0.05, 0) is 29.9 Å². The Labute approximate surface area is 110 Å². The third-order valence-electron chi connectivity index (χ3n) is 3.33. The lowest BCUT2D eigenvalue weighted by Crippen LogP contribution is -2.23. The fourth-order valence-electron chi connectivity index (χ4n) is 2.13. The summed E-state index contributed by atoms with van der Waals surface area (Å²) in [5.74, 6) is 0.141. The van der Waals surface area contributed by atoms with Gasteiger partial charge in [-0.25, -0.2) is 0 Å². The fraction of sp³-hybridized carbons (Fsp3) is 0.562. The number of aryl methyl sites for hydroxylation is 1. The molecule has 0 aliphatic carbocycles. The van der Waals surface area contributed by atoms with Crippen LogP contribution in [-0.2, 0) is 22.4 Å². The van der Waals surface area contributed by atoms with E-state index in [1.807, 2.05) is 0 Å². The molecule has 0 radical (unpaired) electrons. The number of carbonyl (C=O) groups is 1. The molecule has 1 aromatic rings. The van der Waals surface area contributed by atoms with E-state index in [4.69, 9.17) is 4.74 Å². The molecule has 1 unspecified atom stereocenters. The minimum Gasteiger partial charge on any atom is -0.469 e. The molecule has 0 N–H and O–H groups in total. The molecule has 0 aliphatic heterocycles. The zero-order valence-electron chi connectivity index (χ0n) is 11.9. The Morgan fingerprint density at radius 1 is 1.17 bits per heavy atom. The highest BCUT2D eigenvalue weighted by Crippen LogP contribution is 2.19. The normalized spacial score (nSPS) is 12.5. The van der Waals surface area contributed by atoms with Crippen molar-refractivity contribution in [3.8, 4) is 0 Å². The maximum atomic E-state index is 11.7. The Morgan fingerprint density at radius 2 is 1.72 bits per heavy atom. The van der Waals surface area contributed by atoms with Crippen LogP contribution in [0, 0.1) is 11.8 Å². The van der Waals surface area contributed by atoms with Gasteiger partial charge in [0.25, 0.3) is 0 Å². The first-order valence-corrected chi connectivity index (χ1v) is 6.74.